The Labute approximate surface area is 528 Å². The number of nitrogens with one attached hydrogen (secondary N) is 8. The minimum Gasteiger partial charge on any atom is -0.466 e. The smallest absolute Gasteiger partial charge is 0.407 e. The van der Waals surface area contributed by atoms with Crippen LogP contribution < -0.4 is 47.3 Å². The predicted molar refractivity (Wildman–Crippen MR) is 327 cm³/mol. The number of rotatable bonds is 43. The summed E-state index contributed by atoms with van der Waals surface area (Å²) in [6.45, 7) is 7.53. The van der Waals surface area contributed by atoms with Crippen molar-refractivity contribution < 1.29 is 91.2 Å². The minimum absolute atomic E-state index is 0.0252. The molecule has 6 atom stereocenters. The van der Waals surface area contributed by atoms with E-state index in [2.05, 4.69) is 42.5 Å². The van der Waals surface area contributed by atoms with Gasteiger partial charge in [-0.1, -0.05) is 96.3 Å². The molecule has 91 heavy (non-hydrogen) atoms. The molecular formula is C62H87N9O20. The summed E-state index contributed by atoms with van der Waals surface area (Å²) in [5.41, 5.74) is 1.32. The third-order valence-corrected chi connectivity index (χ3v) is 13.2. The minimum atomic E-state index is -1.76. The number of nitro benzene ring substituents is 1. The van der Waals surface area contributed by atoms with Crippen LogP contribution in [0.2, 0.25) is 0 Å². The van der Waals surface area contributed by atoms with E-state index < -0.39 is 145 Å². The van der Waals surface area contributed by atoms with Gasteiger partial charge < -0.3 is 76.1 Å². The molecule has 0 aliphatic carbocycles. The summed E-state index contributed by atoms with van der Waals surface area (Å²) < 4.78 is 31.7. The summed E-state index contributed by atoms with van der Waals surface area (Å²) in [5.74, 6) is -9.38. The average molecular weight is 1280 g/mol. The third-order valence-electron chi connectivity index (χ3n) is 13.2. The summed E-state index contributed by atoms with van der Waals surface area (Å²) >= 11 is 0. The van der Waals surface area contributed by atoms with Crippen molar-refractivity contribution in [3.63, 3.8) is 0 Å². The van der Waals surface area contributed by atoms with Gasteiger partial charge in [0.2, 0.25) is 41.4 Å². The normalized spacial score (nSPS) is 12.8. The van der Waals surface area contributed by atoms with E-state index >= 15 is 0 Å². The summed E-state index contributed by atoms with van der Waals surface area (Å²) in [7, 11) is 0. The van der Waals surface area contributed by atoms with Gasteiger partial charge in [-0.2, -0.15) is 0 Å². The number of amides is 8. The van der Waals surface area contributed by atoms with Gasteiger partial charge in [-0.05, 0) is 86.3 Å². The molecule has 29 nitrogen and oxygen atoms in total. The number of aliphatic hydroxyl groups excluding tert-OH is 1. The number of anilines is 1. The molecule has 0 saturated heterocycles. The molecule has 9 N–H and O–H groups in total. The van der Waals surface area contributed by atoms with Gasteiger partial charge in [0, 0.05) is 37.7 Å². The standard InChI is InChI=1S/C62H87N9O20/c1-7-10-32-86-52(74)30-29-48(68-59(80)49(35-53(75)87-33-11-8-2)67-51(73)37-64-56(77)47(65-41(6)72)20-16-17-31-63-61(82)89-38-42-18-14-13-15-19-42)57(78)70-55(40(4)5)60(81)69-50(36-54(76)88-34-12-9-3)58(79)66-44-23-21-43(22-24-44)39-90-62(83)91-46-27-25-45(26-28-46)71(84)85/h13-15,18-19,21-28,40,47-50,55,62,83H,7-12,16-17,20,29-39H2,1-6H3,(H,63,82)(H,64,77)(H,65,72)(H,66,79)(H,67,73)(H,68,80)(H,69,81)(H,70,78)/t47-,48-,49-,50-,55-,62-/m0/s1. The van der Waals surface area contributed by atoms with Crippen LogP contribution in [-0.2, 0) is 84.8 Å². The Bertz CT molecular complexity index is 2830. The molecule has 0 aromatic heterocycles. The fourth-order valence-corrected chi connectivity index (χ4v) is 8.15. The number of hydrogen-bond acceptors (Lipinski definition) is 20. The van der Waals surface area contributed by atoms with E-state index in [0.717, 1.165) is 5.56 Å². The Morgan fingerprint density at radius 1 is 0.549 bits per heavy atom. The number of carbonyl (C=O) groups excluding carboxylic acids is 11. The van der Waals surface area contributed by atoms with Gasteiger partial charge >= 0.3 is 30.5 Å². The van der Waals surface area contributed by atoms with Crippen LogP contribution in [0.15, 0.2) is 78.9 Å². The fraction of sp³-hybridized carbons (Fsp3) is 0.532. The number of benzene rings is 3. The molecule has 0 spiro atoms. The van der Waals surface area contributed by atoms with Crippen LogP contribution in [0.1, 0.15) is 136 Å². The van der Waals surface area contributed by atoms with Crippen LogP contribution in [0.4, 0.5) is 16.2 Å². The molecule has 0 aliphatic rings. The van der Waals surface area contributed by atoms with Crippen molar-refractivity contribution in [1.29, 1.82) is 0 Å². The number of carbonyl (C=O) groups is 11. The molecule has 0 unspecified atom stereocenters. The highest BCUT2D eigenvalue weighted by Gasteiger charge is 2.35. The summed E-state index contributed by atoms with van der Waals surface area (Å²) in [5, 5.41) is 41.4. The highest BCUT2D eigenvalue weighted by Crippen LogP contribution is 2.20. The lowest BCUT2D eigenvalue weighted by Gasteiger charge is -2.28. The number of unbranched alkanes of at least 4 members (excludes halogenated alkanes) is 4. The zero-order valence-electron chi connectivity index (χ0n) is 52.3. The summed E-state index contributed by atoms with van der Waals surface area (Å²) in [4.78, 5) is 158. The predicted octanol–water partition coefficient (Wildman–Crippen LogP) is 4.31. The second-order valence-corrected chi connectivity index (χ2v) is 21.3. The molecule has 0 heterocycles. The van der Waals surface area contributed by atoms with Crippen molar-refractivity contribution in [2.24, 2.45) is 5.92 Å². The van der Waals surface area contributed by atoms with Crippen molar-refractivity contribution in [2.45, 2.75) is 175 Å². The molecule has 0 fully saturated rings. The lowest BCUT2D eigenvalue weighted by molar-refractivity contribution is -0.384. The average Bonchev–Trinajstić information content (AvgIpc) is 1.32. The zero-order valence-corrected chi connectivity index (χ0v) is 52.3. The maximum absolute atomic E-state index is 14.4. The summed E-state index contributed by atoms with van der Waals surface area (Å²) in [6, 6.07) is 12.4. The molecule has 29 heteroatoms. The number of esters is 3. The first kappa shape index (κ1) is 76.0. The molecule has 0 bridgehead atoms. The lowest BCUT2D eigenvalue weighted by Crippen LogP contribution is -2.59. The Kier molecular flexibility index (Phi) is 35.6. The van der Waals surface area contributed by atoms with Crippen molar-refractivity contribution >= 4 is 76.7 Å². The SMILES string of the molecule is CCCCOC(=O)CC[C@H](NC(=O)[C@H](CC(=O)OCCCC)NC(=O)CNC(=O)[C@H](CCCCNC(=O)OCc1ccccc1)NC(C)=O)C(=O)N[C@H](C(=O)N[C@@H](CC(=O)OCCCC)C(=O)Nc1ccc(CO[C@H](O)Oc2ccc([N+](=O)[O-])cc2)cc1)C(C)C. The number of non-ortho nitro benzene ring substituents is 1. The van der Waals surface area contributed by atoms with Gasteiger partial charge in [0.15, 0.2) is 0 Å². The van der Waals surface area contributed by atoms with E-state index in [4.69, 9.17) is 28.4 Å². The van der Waals surface area contributed by atoms with Gasteiger partial charge in [0.25, 0.3) is 5.69 Å². The van der Waals surface area contributed by atoms with Crippen LogP contribution in [0.5, 0.6) is 5.75 Å². The number of alkyl carbamates (subject to hydrolysis) is 1. The molecular weight excluding hydrogens is 1190 g/mol. The van der Waals surface area contributed by atoms with Crippen LogP contribution in [0.25, 0.3) is 0 Å². The first-order valence-electron chi connectivity index (χ1n) is 30.3. The van der Waals surface area contributed by atoms with Gasteiger partial charge in [-0.25, -0.2) is 4.79 Å². The van der Waals surface area contributed by atoms with Crippen LogP contribution >= 0.6 is 0 Å². The highest BCUT2D eigenvalue weighted by molar-refractivity contribution is 6.01. The Morgan fingerprint density at radius 3 is 1.67 bits per heavy atom. The van der Waals surface area contributed by atoms with E-state index in [1.54, 1.807) is 26.0 Å². The number of nitro groups is 1. The van der Waals surface area contributed by atoms with E-state index in [9.17, 15) is 68.0 Å². The fourth-order valence-electron chi connectivity index (χ4n) is 8.15. The highest BCUT2D eigenvalue weighted by atomic mass is 16.8. The first-order chi connectivity index (χ1) is 43.5. The number of nitrogens with zero attached hydrogens (tertiary/aromatic N) is 1. The molecule has 8 amide bonds. The van der Waals surface area contributed by atoms with E-state index in [-0.39, 0.29) is 63.1 Å². The molecule has 0 saturated carbocycles. The second-order valence-electron chi connectivity index (χ2n) is 21.3. The number of ether oxygens (including phenoxy) is 6. The Hall–Kier alpha value is -9.25. The van der Waals surface area contributed by atoms with Crippen LogP contribution in [0, 0.1) is 16.0 Å². The van der Waals surface area contributed by atoms with Crippen molar-refractivity contribution in [2.75, 3.05) is 38.2 Å². The van der Waals surface area contributed by atoms with Crippen molar-refractivity contribution in [3.05, 3.63) is 100 Å². The van der Waals surface area contributed by atoms with E-state index in [1.165, 1.54) is 55.5 Å². The molecule has 500 valence electrons. The first-order valence-corrected chi connectivity index (χ1v) is 30.3. The summed E-state index contributed by atoms with van der Waals surface area (Å²) in [6.07, 6.45) is 1.43. The van der Waals surface area contributed by atoms with Crippen molar-refractivity contribution in [1.82, 2.24) is 37.2 Å². The Balaban J connectivity index is 1.78. The lowest BCUT2D eigenvalue weighted by atomic mass is 10.0. The number of aliphatic hydroxyl groups is 1. The number of hydrogen-bond donors (Lipinski definition) is 9. The molecule has 0 aliphatic heterocycles. The monoisotopic (exact) mass is 1280 g/mol. The topological polar surface area (TPSA) is 403 Å². The van der Waals surface area contributed by atoms with Crippen LogP contribution in [0.3, 0.4) is 0 Å². The van der Waals surface area contributed by atoms with Gasteiger partial charge in [0.05, 0.1) is 50.7 Å². The van der Waals surface area contributed by atoms with E-state index in [0.29, 0.717) is 56.9 Å². The zero-order chi connectivity index (χ0) is 67.1. The third kappa shape index (κ3) is 31.7. The molecule has 3 rings (SSSR count). The van der Waals surface area contributed by atoms with Gasteiger partial charge in [-0.3, -0.25) is 58.1 Å². The van der Waals surface area contributed by atoms with Crippen LogP contribution in [-0.4, -0.2) is 145 Å². The van der Waals surface area contributed by atoms with Gasteiger partial charge in [0.1, 0.15) is 42.6 Å². The van der Waals surface area contributed by atoms with Gasteiger partial charge in [-0.15, -0.1) is 0 Å². The largest absolute Gasteiger partial charge is 0.466 e. The quantitative estimate of drug-likeness (QED) is 0.00951. The second kappa shape index (κ2) is 42.6. The molecule has 3 aromatic rings. The van der Waals surface area contributed by atoms with Crippen molar-refractivity contribution in [3.8, 4) is 5.75 Å². The maximum Gasteiger partial charge on any atom is 0.407 e. The molecule has 0 radical (unpaired) electrons. The van der Waals surface area contributed by atoms with E-state index in [1.807, 2.05) is 39.0 Å². The maximum atomic E-state index is 14.4. The molecule has 3 aromatic carbocycles. The Morgan fingerprint density at radius 2 is 1.10 bits per heavy atom.